The smallest absolute Gasteiger partial charge is 0.435 e. The molecule has 0 bridgehead atoms. The lowest BCUT2D eigenvalue weighted by molar-refractivity contribution is -0.141. The molecular formula is C16H24F3N3O3S. The molecule has 0 N–H and O–H groups in total. The zero-order valence-electron chi connectivity index (χ0n) is 15.0. The van der Waals surface area contributed by atoms with Crippen LogP contribution in [0.1, 0.15) is 27.3 Å². The van der Waals surface area contributed by atoms with Crippen molar-refractivity contribution in [3.8, 4) is 0 Å². The molecule has 1 aliphatic heterocycles. The minimum Gasteiger partial charge on any atom is -0.462 e. The van der Waals surface area contributed by atoms with Crippen molar-refractivity contribution in [1.29, 1.82) is 0 Å². The van der Waals surface area contributed by atoms with Crippen LogP contribution in [-0.2, 0) is 22.1 Å². The Labute approximate surface area is 154 Å². The molecule has 0 aromatic carbocycles. The monoisotopic (exact) mass is 395 g/mol. The highest BCUT2D eigenvalue weighted by Gasteiger charge is 2.40. The van der Waals surface area contributed by atoms with E-state index in [9.17, 15) is 18.0 Å². The number of aromatic nitrogens is 1. The van der Waals surface area contributed by atoms with Crippen LogP contribution in [0, 0.1) is 0 Å². The number of alkyl halides is 3. The number of hydrogen-bond acceptors (Lipinski definition) is 7. The average molecular weight is 395 g/mol. The second-order valence-electron chi connectivity index (χ2n) is 5.93. The second-order valence-corrected chi connectivity index (χ2v) is 7.01. The lowest BCUT2D eigenvalue weighted by Crippen LogP contribution is -2.47. The Hall–Kier alpha value is -1.23. The lowest BCUT2D eigenvalue weighted by atomic mass is 10.3. The van der Waals surface area contributed by atoms with Gasteiger partial charge in [0.15, 0.2) is 5.69 Å². The molecule has 2 heterocycles. The Morgan fingerprint density at radius 1 is 1.19 bits per heavy atom. The zero-order chi connectivity index (χ0) is 19.2. The van der Waals surface area contributed by atoms with Gasteiger partial charge in [0.1, 0.15) is 4.88 Å². The molecule has 0 saturated carbocycles. The third-order valence-corrected chi connectivity index (χ3v) is 5.21. The van der Waals surface area contributed by atoms with Crippen LogP contribution in [0.5, 0.6) is 0 Å². The Bertz CT molecular complexity index is 587. The molecule has 1 fully saturated rings. The highest BCUT2D eigenvalue weighted by Crippen LogP contribution is 2.35. The SMILES string of the molecule is CCOC(=O)c1sc(CCN2CCN(CCOC)CC2)nc1C(F)(F)F. The van der Waals surface area contributed by atoms with E-state index in [1.165, 1.54) is 0 Å². The maximum atomic E-state index is 13.1. The predicted molar refractivity (Wildman–Crippen MR) is 91.5 cm³/mol. The van der Waals surface area contributed by atoms with E-state index in [0.717, 1.165) is 44.1 Å². The Kier molecular flexibility index (Phi) is 7.81. The van der Waals surface area contributed by atoms with Gasteiger partial charge in [-0.3, -0.25) is 4.90 Å². The summed E-state index contributed by atoms with van der Waals surface area (Å²) in [5.41, 5.74) is -1.14. The van der Waals surface area contributed by atoms with Gasteiger partial charge in [-0.1, -0.05) is 0 Å². The molecule has 0 radical (unpaired) electrons. The standard InChI is InChI=1S/C16H24F3N3O3S/c1-3-25-15(23)13-14(16(17,18)19)20-12(26-13)4-5-21-6-8-22(9-7-21)10-11-24-2/h3-11H2,1-2H3. The van der Waals surface area contributed by atoms with E-state index in [0.29, 0.717) is 24.6 Å². The zero-order valence-corrected chi connectivity index (χ0v) is 15.8. The van der Waals surface area contributed by atoms with Crippen molar-refractivity contribution in [3.63, 3.8) is 0 Å². The first-order valence-electron chi connectivity index (χ1n) is 8.52. The van der Waals surface area contributed by atoms with Crippen molar-refractivity contribution in [2.45, 2.75) is 19.5 Å². The van der Waals surface area contributed by atoms with Crippen LogP contribution in [-0.4, -0.2) is 80.3 Å². The van der Waals surface area contributed by atoms with Gasteiger partial charge in [0.2, 0.25) is 0 Å². The summed E-state index contributed by atoms with van der Waals surface area (Å²) in [6.45, 7) is 7.29. The van der Waals surface area contributed by atoms with Crippen LogP contribution >= 0.6 is 11.3 Å². The molecule has 6 nitrogen and oxygen atoms in total. The summed E-state index contributed by atoms with van der Waals surface area (Å²) in [6.07, 6.45) is -4.28. The third kappa shape index (κ3) is 5.90. The number of carbonyl (C=O) groups excluding carboxylic acids is 1. The van der Waals surface area contributed by atoms with Gasteiger partial charge in [-0.2, -0.15) is 13.2 Å². The van der Waals surface area contributed by atoms with Gasteiger partial charge in [0, 0.05) is 52.8 Å². The van der Waals surface area contributed by atoms with Gasteiger partial charge in [-0.15, -0.1) is 11.3 Å². The summed E-state index contributed by atoms with van der Waals surface area (Å²) in [7, 11) is 1.67. The first-order valence-corrected chi connectivity index (χ1v) is 9.34. The van der Waals surface area contributed by atoms with Gasteiger partial charge < -0.3 is 14.4 Å². The first kappa shape index (κ1) is 21.1. The molecule has 0 atom stereocenters. The summed E-state index contributed by atoms with van der Waals surface area (Å²) in [4.78, 5) is 19.5. The van der Waals surface area contributed by atoms with E-state index in [1.54, 1.807) is 14.0 Å². The van der Waals surface area contributed by atoms with Gasteiger partial charge in [0.05, 0.1) is 18.2 Å². The van der Waals surface area contributed by atoms with Crippen molar-refractivity contribution in [2.24, 2.45) is 0 Å². The summed E-state index contributed by atoms with van der Waals surface area (Å²) in [5.74, 6) is -0.963. The van der Waals surface area contributed by atoms with Gasteiger partial charge >= 0.3 is 12.1 Å². The topological polar surface area (TPSA) is 54.9 Å². The van der Waals surface area contributed by atoms with Crippen LogP contribution in [0.3, 0.4) is 0 Å². The molecule has 148 valence electrons. The lowest BCUT2D eigenvalue weighted by Gasteiger charge is -2.34. The van der Waals surface area contributed by atoms with E-state index in [1.807, 2.05) is 0 Å². The van der Waals surface area contributed by atoms with Crippen molar-refractivity contribution in [3.05, 3.63) is 15.6 Å². The second kappa shape index (κ2) is 9.63. The molecule has 2 rings (SSSR count). The largest absolute Gasteiger partial charge is 0.462 e. The fourth-order valence-electron chi connectivity index (χ4n) is 2.71. The van der Waals surface area contributed by atoms with E-state index in [2.05, 4.69) is 14.8 Å². The number of ether oxygens (including phenoxy) is 2. The third-order valence-electron chi connectivity index (χ3n) is 4.12. The minimum absolute atomic E-state index is 0.0245. The fourth-order valence-corrected chi connectivity index (χ4v) is 3.68. The number of thiazole rings is 1. The maximum absolute atomic E-state index is 13.1. The summed E-state index contributed by atoms with van der Waals surface area (Å²) in [6, 6.07) is 0. The van der Waals surface area contributed by atoms with Crippen LogP contribution in [0.2, 0.25) is 0 Å². The maximum Gasteiger partial charge on any atom is 0.435 e. The molecule has 26 heavy (non-hydrogen) atoms. The van der Waals surface area contributed by atoms with Crippen molar-refractivity contribution >= 4 is 17.3 Å². The van der Waals surface area contributed by atoms with Crippen molar-refractivity contribution < 1.29 is 27.4 Å². The normalized spacial score (nSPS) is 16.8. The van der Waals surface area contributed by atoms with Gasteiger partial charge in [-0.25, -0.2) is 9.78 Å². The number of methoxy groups -OCH3 is 1. The fraction of sp³-hybridized carbons (Fsp3) is 0.750. The first-order chi connectivity index (χ1) is 12.3. The Morgan fingerprint density at radius 2 is 1.81 bits per heavy atom. The molecule has 1 aromatic heterocycles. The molecule has 1 aromatic rings. The number of hydrogen-bond donors (Lipinski definition) is 0. The highest BCUT2D eigenvalue weighted by molar-refractivity contribution is 7.13. The molecule has 0 amide bonds. The number of esters is 1. The quantitative estimate of drug-likeness (QED) is 0.629. The van der Waals surface area contributed by atoms with E-state index in [-0.39, 0.29) is 6.61 Å². The van der Waals surface area contributed by atoms with Gasteiger partial charge in [0.25, 0.3) is 0 Å². The van der Waals surface area contributed by atoms with Crippen LogP contribution in [0.25, 0.3) is 0 Å². The summed E-state index contributed by atoms with van der Waals surface area (Å²) in [5, 5.41) is 0.308. The van der Waals surface area contributed by atoms with Crippen molar-refractivity contribution in [2.75, 3.05) is 59.6 Å². The number of rotatable bonds is 8. The van der Waals surface area contributed by atoms with Crippen LogP contribution < -0.4 is 0 Å². The van der Waals surface area contributed by atoms with E-state index >= 15 is 0 Å². The number of piperazine rings is 1. The molecule has 0 aliphatic carbocycles. The Morgan fingerprint density at radius 3 is 2.35 bits per heavy atom. The number of nitrogens with zero attached hydrogens (tertiary/aromatic N) is 3. The Balaban J connectivity index is 1.93. The van der Waals surface area contributed by atoms with Crippen molar-refractivity contribution in [1.82, 2.24) is 14.8 Å². The summed E-state index contributed by atoms with van der Waals surface area (Å²) < 4.78 is 49.1. The van der Waals surface area contributed by atoms with E-state index in [4.69, 9.17) is 9.47 Å². The number of carbonyl (C=O) groups is 1. The summed E-state index contributed by atoms with van der Waals surface area (Å²) >= 11 is 0.775. The van der Waals surface area contributed by atoms with Gasteiger partial charge in [-0.05, 0) is 6.92 Å². The molecule has 1 aliphatic rings. The minimum atomic E-state index is -4.66. The predicted octanol–water partition coefficient (Wildman–Crippen LogP) is 2.15. The highest BCUT2D eigenvalue weighted by atomic mass is 32.1. The molecular weight excluding hydrogens is 371 g/mol. The molecule has 0 unspecified atom stereocenters. The number of halogens is 3. The van der Waals surface area contributed by atoms with Crippen LogP contribution in [0.15, 0.2) is 0 Å². The van der Waals surface area contributed by atoms with E-state index < -0.39 is 22.7 Å². The molecule has 0 spiro atoms. The van der Waals surface area contributed by atoms with Crippen LogP contribution in [0.4, 0.5) is 13.2 Å². The molecule has 1 saturated heterocycles. The molecule has 10 heteroatoms. The average Bonchev–Trinajstić information content (AvgIpc) is 3.04.